The molecule has 1 N–H and O–H groups in total. The molecule has 4 nitrogen and oxygen atoms in total. The van der Waals surface area contributed by atoms with Crippen LogP contribution >= 0.6 is 0 Å². The number of nitrogens with one attached hydrogen (secondary N) is 1. The van der Waals surface area contributed by atoms with Crippen molar-refractivity contribution in [1.82, 2.24) is 4.72 Å². The van der Waals surface area contributed by atoms with E-state index < -0.39 is 21.9 Å². The van der Waals surface area contributed by atoms with Gasteiger partial charge in [-0.25, -0.2) is 12.8 Å². The smallest absolute Gasteiger partial charge is 0.264 e. The third-order valence-electron chi connectivity index (χ3n) is 0.443. The molecule has 0 saturated heterocycles. The van der Waals surface area contributed by atoms with E-state index in [9.17, 15) is 17.6 Å². The van der Waals surface area contributed by atoms with Crippen molar-refractivity contribution >= 4 is 15.9 Å². The number of halogens is 1. The minimum absolute atomic E-state index is 0.785. The Labute approximate surface area is 52.1 Å². The Morgan fingerprint density at radius 2 is 2.11 bits per heavy atom. The average Bonchev–Trinajstić information content (AvgIpc) is 1.63. The summed E-state index contributed by atoms with van der Waals surface area (Å²) >= 11 is 0. The predicted octanol–water partition coefficient (Wildman–Crippen LogP) is -0.621. The van der Waals surface area contributed by atoms with Gasteiger partial charge in [-0.2, -0.15) is 0 Å². The summed E-state index contributed by atoms with van der Waals surface area (Å²) in [5.74, 6) is -0.785. The van der Waals surface area contributed by atoms with Crippen molar-refractivity contribution in [3.05, 3.63) is 0 Å². The van der Waals surface area contributed by atoms with Gasteiger partial charge in [0.25, 0.3) is 10.0 Å². The molecule has 0 saturated carbocycles. The number of hydrogen-bond donors (Lipinski definition) is 1. The summed E-state index contributed by atoms with van der Waals surface area (Å²) < 4.78 is 33.0. The molecule has 0 aliphatic heterocycles. The molecule has 0 aromatic carbocycles. The molecule has 0 aliphatic rings. The largest absolute Gasteiger partial charge is 0.274 e. The van der Waals surface area contributed by atoms with Crippen LogP contribution in [0.4, 0.5) is 4.39 Å². The second-order valence-electron chi connectivity index (χ2n) is 1.38. The summed E-state index contributed by atoms with van der Waals surface area (Å²) in [4.78, 5) is 9.96. The maximum absolute atomic E-state index is 11.3. The fourth-order valence-electron chi connectivity index (χ4n) is 0.246. The van der Waals surface area contributed by atoms with E-state index in [0.29, 0.717) is 0 Å². The molecule has 0 radical (unpaired) electrons. The van der Waals surface area contributed by atoms with E-state index in [-0.39, 0.29) is 0 Å². The van der Waals surface area contributed by atoms with Crippen LogP contribution in [0.25, 0.3) is 0 Å². The fraction of sp³-hybridized carbons (Fsp3) is 0.667. The number of sulfonamides is 1. The number of hydrogen-bond acceptors (Lipinski definition) is 3. The SMILES string of the molecule is CC(=O)NS(=O)(=O)CF. The molecule has 6 heteroatoms. The molecule has 0 heterocycles. The van der Waals surface area contributed by atoms with Gasteiger partial charge in [0.1, 0.15) is 0 Å². The number of carbonyl (C=O) groups is 1. The molecule has 0 aliphatic carbocycles. The third-order valence-corrected chi connectivity index (χ3v) is 1.33. The summed E-state index contributed by atoms with van der Waals surface area (Å²) in [6, 6.07) is -1.56. The van der Waals surface area contributed by atoms with Crippen molar-refractivity contribution < 1.29 is 17.6 Å². The molecular weight excluding hydrogens is 149 g/mol. The standard InChI is InChI=1S/C3H6FNO3S/c1-3(6)5-9(7,8)2-4/h2H2,1H3,(H,5,6). The molecule has 0 atom stereocenters. The molecule has 1 amide bonds. The third kappa shape index (κ3) is 3.89. The van der Waals surface area contributed by atoms with E-state index in [0.717, 1.165) is 6.92 Å². The van der Waals surface area contributed by atoms with E-state index in [1.165, 1.54) is 4.72 Å². The van der Waals surface area contributed by atoms with Crippen LogP contribution in [0, 0.1) is 0 Å². The van der Waals surface area contributed by atoms with Crippen molar-refractivity contribution in [1.29, 1.82) is 0 Å². The Hall–Kier alpha value is -0.650. The first-order valence-electron chi connectivity index (χ1n) is 2.05. The second-order valence-corrected chi connectivity index (χ2v) is 3.03. The topological polar surface area (TPSA) is 63.2 Å². The lowest BCUT2D eigenvalue weighted by molar-refractivity contribution is -0.117. The molecule has 0 rings (SSSR count). The number of rotatable bonds is 2. The number of alkyl halides is 1. The van der Waals surface area contributed by atoms with Gasteiger partial charge in [-0.3, -0.25) is 9.52 Å². The van der Waals surface area contributed by atoms with Crippen molar-refractivity contribution in [2.24, 2.45) is 0 Å². The molecule has 0 bridgehead atoms. The molecule has 0 unspecified atom stereocenters. The fourth-order valence-corrected chi connectivity index (χ4v) is 0.739. The zero-order valence-corrected chi connectivity index (χ0v) is 5.53. The lowest BCUT2D eigenvalue weighted by Gasteiger charge is -1.95. The molecule has 54 valence electrons. The Kier molecular flexibility index (Phi) is 2.57. The molecule has 0 fully saturated rings. The van der Waals surface area contributed by atoms with Crippen molar-refractivity contribution in [3.8, 4) is 0 Å². The molecular formula is C3H6FNO3S. The normalized spacial score (nSPS) is 10.9. The van der Waals surface area contributed by atoms with E-state index in [1.807, 2.05) is 0 Å². The van der Waals surface area contributed by atoms with Gasteiger partial charge in [-0.15, -0.1) is 0 Å². The zero-order valence-electron chi connectivity index (χ0n) is 4.72. The van der Waals surface area contributed by atoms with Crippen LogP contribution in [0.2, 0.25) is 0 Å². The van der Waals surface area contributed by atoms with Gasteiger partial charge in [0, 0.05) is 6.92 Å². The average molecular weight is 155 g/mol. The lowest BCUT2D eigenvalue weighted by Crippen LogP contribution is -2.28. The van der Waals surface area contributed by atoms with Crippen LogP contribution in [-0.2, 0) is 14.8 Å². The first-order chi connectivity index (χ1) is 3.98. The monoisotopic (exact) mass is 155 g/mol. The summed E-state index contributed by atoms with van der Waals surface area (Å²) in [6.07, 6.45) is 0. The van der Waals surface area contributed by atoms with Crippen molar-refractivity contribution in [2.75, 3.05) is 6.01 Å². The summed E-state index contributed by atoms with van der Waals surface area (Å²) in [5.41, 5.74) is 0. The zero-order chi connectivity index (χ0) is 7.49. The van der Waals surface area contributed by atoms with Crippen molar-refractivity contribution in [3.63, 3.8) is 0 Å². The van der Waals surface area contributed by atoms with Crippen molar-refractivity contribution in [2.45, 2.75) is 6.92 Å². The van der Waals surface area contributed by atoms with E-state index >= 15 is 0 Å². The van der Waals surface area contributed by atoms with E-state index in [1.54, 1.807) is 0 Å². The summed E-state index contributed by atoms with van der Waals surface area (Å²) in [6.45, 7) is 0.993. The van der Waals surface area contributed by atoms with Crippen LogP contribution < -0.4 is 4.72 Å². The van der Waals surface area contributed by atoms with Crippen LogP contribution in [0.5, 0.6) is 0 Å². The van der Waals surface area contributed by atoms with Gasteiger partial charge in [0.15, 0.2) is 0 Å². The number of amides is 1. The maximum Gasteiger partial charge on any atom is 0.264 e. The Morgan fingerprint density at radius 1 is 1.67 bits per heavy atom. The quantitative estimate of drug-likeness (QED) is 0.578. The van der Waals surface area contributed by atoms with Gasteiger partial charge < -0.3 is 0 Å². The van der Waals surface area contributed by atoms with Crippen LogP contribution in [0.3, 0.4) is 0 Å². The van der Waals surface area contributed by atoms with E-state index in [2.05, 4.69) is 0 Å². The minimum atomic E-state index is -3.98. The molecule has 9 heavy (non-hydrogen) atoms. The highest BCUT2D eigenvalue weighted by molar-refractivity contribution is 7.89. The summed E-state index contributed by atoms with van der Waals surface area (Å²) in [7, 11) is -3.98. The highest BCUT2D eigenvalue weighted by Crippen LogP contribution is 1.82. The van der Waals surface area contributed by atoms with Crippen LogP contribution in [0.15, 0.2) is 0 Å². The van der Waals surface area contributed by atoms with Crippen LogP contribution in [-0.4, -0.2) is 20.3 Å². The second kappa shape index (κ2) is 2.77. The maximum atomic E-state index is 11.3. The highest BCUT2D eigenvalue weighted by Gasteiger charge is 2.08. The molecule has 0 aromatic heterocycles. The van der Waals surface area contributed by atoms with Gasteiger partial charge in [-0.05, 0) is 0 Å². The van der Waals surface area contributed by atoms with Gasteiger partial charge in [-0.1, -0.05) is 0 Å². The van der Waals surface area contributed by atoms with E-state index in [4.69, 9.17) is 0 Å². The first-order valence-corrected chi connectivity index (χ1v) is 3.70. The van der Waals surface area contributed by atoms with Gasteiger partial charge in [0.2, 0.25) is 11.9 Å². The first kappa shape index (κ1) is 8.35. The molecule has 0 spiro atoms. The number of carbonyl (C=O) groups excluding carboxylic acids is 1. The predicted molar refractivity (Wildman–Crippen MR) is 28.7 cm³/mol. The van der Waals surface area contributed by atoms with Crippen LogP contribution in [0.1, 0.15) is 6.92 Å². The molecule has 0 aromatic rings. The highest BCUT2D eigenvalue weighted by atomic mass is 32.2. The Bertz CT molecular complexity index is 197. The van der Waals surface area contributed by atoms with Gasteiger partial charge in [0.05, 0.1) is 0 Å². The summed E-state index contributed by atoms with van der Waals surface area (Å²) in [5, 5.41) is 0. The lowest BCUT2D eigenvalue weighted by atomic mass is 10.8. The Morgan fingerprint density at radius 3 is 2.22 bits per heavy atom. The van der Waals surface area contributed by atoms with Gasteiger partial charge >= 0.3 is 0 Å². The Balaban J connectivity index is 4.06. The minimum Gasteiger partial charge on any atom is -0.274 e.